The SMILES string of the molecule is O=C(O)C1CCN(c2ccc(C3=NCCCN3)cc2F)CC1. The number of rotatable bonds is 3. The van der Waals surface area contributed by atoms with E-state index in [0.717, 1.165) is 30.9 Å². The van der Waals surface area contributed by atoms with Gasteiger partial charge >= 0.3 is 5.97 Å². The second-order valence-electron chi connectivity index (χ2n) is 5.78. The van der Waals surface area contributed by atoms with Crippen molar-refractivity contribution in [2.45, 2.75) is 19.3 Å². The van der Waals surface area contributed by atoms with E-state index < -0.39 is 5.97 Å². The van der Waals surface area contributed by atoms with E-state index in [1.54, 1.807) is 6.07 Å². The van der Waals surface area contributed by atoms with Gasteiger partial charge in [0, 0.05) is 31.7 Å². The molecular formula is C16H20FN3O2. The lowest BCUT2D eigenvalue weighted by atomic mass is 9.96. The Balaban J connectivity index is 1.73. The van der Waals surface area contributed by atoms with Crippen LogP contribution in [0.1, 0.15) is 24.8 Å². The van der Waals surface area contributed by atoms with Gasteiger partial charge in [-0.05, 0) is 37.5 Å². The molecule has 0 bridgehead atoms. The number of hydrogen-bond donors (Lipinski definition) is 2. The smallest absolute Gasteiger partial charge is 0.306 e. The third-order valence-electron chi connectivity index (χ3n) is 4.30. The van der Waals surface area contributed by atoms with Crippen molar-refractivity contribution in [1.82, 2.24) is 5.32 Å². The van der Waals surface area contributed by atoms with E-state index in [9.17, 15) is 9.18 Å². The standard InChI is InChI=1S/C16H20FN3O2/c17-13-10-12(15-18-6-1-7-19-15)2-3-14(13)20-8-4-11(5-9-20)16(21)22/h2-3,10-11H,1,4-9H2,(H,18,19)(H,21,22). The number of carboxylic acid groups (broad SMARTS) is 1. The van der Waals surface area contributed by atoms with E-state index in [1.165, 1.54) is 6.07 Å². The number of piperidine rings is 1. The molecule has 0 spiro atoms. The summed E-state index contributed by atoms with van der Waals surface area (Å²) in [5.74, 6) is -0.584. The lowest BCUT2D eigenvalue weighted by Gasteiger charge is -2.32. The van der Waals surface area contributed by atoms with Crippen molar-refractivity contribution in [3.63, 3.8) is 0 Å². The number of halogens is 1. The highest BCUT2D eigenvalue weighted by atomic mass is 19.1. The summed E-state index contributed by atoms with van der Waals surface area (Å²) in [5, 5.41) is 12.2. The fourth-order valence-electron chi connectivity index (χ4n) is 3.00. The highest BCUT2D eigenvalue weighted by Crippen LogP contribution is 2.26. The summed E-state index contributed by atoms with van der Waals surface area (Å²) in [7, 11) is 0. The van der Waals surface area contributed by atoms with Crippen LogP contribution in [0, 0.1) is 11.7 Å². The molecule has 3 rings (SSSR count). The summed E-state index contributed by atoms with van der Waals surface area (Å²) in [4.78, 5) is 17.3. The number of carboxylic acids is 1. The number of carbonyl (C=O) groups is 1. The third-order valence-corrected chi connectivity index (χ3v) is 4.30. The third kappa shape index (κ3) is 3.05. The Morgan fingerprint density at radius 2 is 2.14 bits per heavy atom. The van der Waals surface area contributed by atoms with Crippen molar-refractivity contribution in [1.29, 1.82) is 0 Å². The van der Waals surface area contributed by atoms with Gasteiger partial charge in [0.05, 0.1) is 11.6 Å². The Morgan fingerprint density at radius 3 is 2.73 bits per heavy atom. The molecule has 0 aliphatic carbocycles. The molecule has 1 aromatic rings. The number of anilines is 1. The van der Waals surface area contributed by atoms with Gasteiger partial charge < -0.3 is 15.3 Å². The summed E-state index contributed by atoms with van der Waals surface area (Å²) in [6.07, 6.45) is 2.12. The van der Waals surface area contributed by atoms with Gasteiger partial charge in [-0.2, -0.15) is 0 Å². The van der Waals surface area contributed by atoms with Crippen LogP contribution in [0.5, 0.6) is 0 Å². The molecule has 2 N–H and O–H groups in total. The molecular weight excluding hydrogens is 285 g/mol. The number of nitrogens with zero attached hydrogens (tertiary/aromatic N) is 2. The molecule has 5 nitrogen and oxygen atoms in total. The Bertz CT molecular complexity index is 595. The number of benzene rings is 1. The summed E-state index contributed by atoms with van der Waals surface area (Å²) >= 11 is 0. The quantitative estimate of drug-likeness (QED) is 0.895. The van der Waals surface area contributed by atoms with Crippen molar-refractivity contribution in [3.8, 4) is 0 Å². The van der Waals surface area contributed by atoms with E-state index in [0.29, 0.717) is 31.6 Å². The van der Waals surface area contributed by atoms with Gasteiger partial charge in [-0.25, -0.2) is 4.39 Å². The molecule has 2 aliphatic heterocycles. The van der Waals surface area contributed by atoms with Crippen molar-refractivity contribution >= 4 is 17.5 Å². The number of aliphatic carboxylic acids is 1. The number of hydrogen-bond acceptors (Lipinski definition) is 4. The zero-order valence-corrected chi connectivity index (χ0v) is 12.4. The molecule has 0 aromatic heterocycles. The minimum absolute atomic E-state index is 0.277. The Kier molecular flexibility index (Phi) is 4.27. The topological polar surface area (TPSA) is 64.9 Å². The molecule has 0 amide bonds. The fraction of sp³-hybridized carbons (Fsp3) is 0.500. The second-order valence-corrected chi connectivity index (χ2v) is 5.78. The number of amidine groups is 1. The summed E-state index contributed by atoms with van der Waals surface area (Å²) in [6.45, 7) is 2.79. The highest BCUT2D eigenvalue weighted by Gasteiger charge is 2.26. The van der Waals surface area contributed by atoms with Crippen LogP contribution in [0.4, 0.5) is 10.1 Å². The van der Waals surface area contributed by atoms with Crippen molar-refractivity contribution in [2.24, 2.45) is 10.9 Å². The second kappa shape index (κ2) is 6.34. The summed E-state index contributed by atoms with van der Waals surface area (Å²) in [6, 6.07) is 5.15. The van der Waals surface area contributed by atoms with Gasteiger partial charge in [0.15, 0.2) is 0 Å². The molecule has 2 heterocycles. The van der Waals surface area contributed by atoms with Crippen LogP contribution < -0.4 is 10.2 Å². The van der Waals surface area contributed by atoms with Crippen LogP contribution in [0.15, 0.2) is 23.2 Å². The number of aliphatic imine (C=N–C) groups is 1. The lowest BCUT2D eigenvalue weighted by molar-refractivity contribution is -0.142. The van der Waals surface area contributed by atoms with E-state index in [2.05, 4.69) is 10.3 Å². The summed E-state index contributed by atoms with van der Waals surface area (Å²) < 4.78 is 14.4. The van der Waals surface area contributed by atoms with E-state index in [4.69, 9.17) is 5.11 Å². The van der Waals surface area contributed by atoms with Crippen LogP contribution in [0.3, 0.4) is 0 Å². The molecule has 0 radical (unpaired) electrons. The van der Waals surface area contributed by atoms with E-state index >= 15 is 0 Å². The van der Waals surface area contributed by atoms with Gasteiger partial charge in [0.1, 0.15) is 11.7 Å². The van der Waals surface area contributed by atoms with Crippen LogP contribution in [0.2, 0.25) is 0 Å². The highest BCUT2D eigenvalue weighted by molar-refractivity contribution is 5.99. The van der Waals surface area contributed by atoms with Gasteiger partial charge in [0.2, 0.25) is 0 Å². The molecule has 1 aromatic carbocycles. The minimum atomic E-state index is -0.753. The predicted molar refractivity (Wildman–Crippen MR) is 83.0 cm³/mol. The first kappa shape index (κ1) is 14.8. The maximum absolute atomic E-state index is 14.4. The zero-order chi connectivity index (χ0) is 15.5. The molecule has 6 heteroatoms. The molecule has 2 aliphatic rings. The Hall–Kier alpha value is -2.11. The predicted octanol–water partition coefficient (Wildman–Crippen LogP) is 1.87. The summed E-state index contributed by atoms with van der Waals surface area (Å²) in [5.41, 5.74) is 1.31. The van der Waals surface area contributed by atoms with Crippen molar-refractivity contribution < 1.29 is 14.3 Å². The van der Waals surface area contributed by atoms with Crippen molar-refractivity contribution in [3.05, 3.63) is 29.6 Å². The van der Waals surface area contributed by atoms with Gasteiger partial charge in [0.25, 0.3) is 0 Å². The van der Waals surface area contributed by atoms with E-state index in [1.807, 2.05) is 11.0 Å². The maximum Gasteiger partial charge on any atom is 0.306 e. The number of nitrogens with one attached hydrogen (secondary N) is 1. The molecule has 118 valence electrons. The normalized spacial score (nSPS) is 19.5. The van der Waals surface area contributed by atoms with Gasteiger partial charge in [-0.1, -0.05) is 0 Å². The fourth-order valence-corrected chi connectivity index (χ4v) is 3.00. The lowest BCUT2D eigenvalue weighted by Crippen LogP contribution is -2.37. The largest absolute Gasteiger partial charge is 0.481 e. The first-order valence-electron chi connectivity index (χ1n) is 7.71. The van der Waals surface area contributed by atoms with Crippen LogP contribution in [-0.4, -0.2) is 43.1 Å². The zero-order valence-electron chi connectivity index (χ0n) is 12.4. The van der Waals surface area contributed by atoms with Crippen molar-refractivity contribution in [2.75, 3.05) is 31.1 Å². The molecule has 22 heavy (non-hydrogen) atoms. The monoisotopic (exact) mass is 305 g/mol. The maximum atomic E-state index is 14.4. The first-order chi connectivity index (χ1) is 10.6. The van der Waals surface area contributed by atoms with Crippen LogP contribution >= 0.6 is 0 Å². The molecule has 0 atom stereocenters. The average Bonchev–Trinajstić information content (AvgIpc) is 2.56. The van der Waals surface area contributed by atoms with Gasteiger partial charge in [-0.15, -0.1) is 0 Å². The minimum Gasteiger partial charge on any atom is -0.481 e. The van der Waals surface area contributed by atoms with Crippen LogP contribution in [0.25, 0.3) is 0 Å². The van der Waals surface area contributed by atoms with Crippen LogP contribution in [-0.2, 0) is 4.79 Å². The first-order valence-corrected chi connectivity index (χ1v) is 7.71. The van der Waals surface area contributed by atoms with Gasteiger partial charge in [-0.3, -0.25) is 9.79 Å². The van der Waals surface area contributed by atoms with E-state index in [-0.39, 0.29) is 11.7 Å². The average molecular weight is 305 g/mol. The Labute approximate surface area is 128 Å². The molecule has 1 saturated heterocycles. The molecule has 1 fully saturated rings. The Morgan fingerprint density at radius 1 is 1.36 bits per heavy atom. The molecule has 0 unspecified atom stereocenters. The molecule has 0 saturated carbocycles.